The van der Waals surface area contributed by atoms with E-state index in [1.54, 1.807) is 24.3 Å². The minimum absolute atomic E-state index is 0.00919. The molecule has 5 heteroatoms. The summed E-state index contributed by atoms with van der Waals surface area (Å²) in [7, 11) is 0. The van der Waals surface area contributed by atoms with E-state index in [2.05, 4.69) is 36.9 Å². The fraction of sp³-hybridized carbons (Fsp3) is 0.333. The lowest BCUT2D eigenvalue weighted by molar-refractivity contribution is -0.133. The number of aryl methyl sites for hydroxylation is 1. The average Bonchev–Trinajstić information content (AvgIpc) is 2.69. The van der Waals surface area contributed by atoms with Crippen LogP contribution in [-0.2, 0) is 4.79 Å². The van der Waals surface area contributed by atoms with Gasteiger partial charge in [0.25, 0.3) is 5.91 Å². The van der Waals surface area contributed by atoms with Crippen molar-refractivity contribution in [1.82, 2.24) is 4.90 Å². The number of benzene rings is 2. The number of hydrogen-bond donors (Lipinski definition) is 0. The van der Waals surface area contributed by atoms with Crippen LogP contribution >= 0.6 is 0 Å². The summed E-state index contributed by atoms with van der Waals surface area (Å²) in [6.07, 6.45) is 0.782. The van der Waals surface area contributed by atoms with Crippen LogP contribution in [0.5, 0.6) is 5.75 Å². The zero-order chi connectivity index (χ0) is 18.5. The molecule has 1 amide bonds. The Bertz CT molecular complexity index is 778. The molecule has 0 spiro atoms. The number of amides is 1. The summed E-state index contributed by atoms with van der Waals surface area (Å²) < 4.78 is 5.55. The summed E-state index contributed by atoms with van der Waals surface area (Å²) in [6.45, 7) is 7.32. The van der Waals surface area contributed by atoms with Crippen molar-refractivity contribution < 1.29 is 14.3 Å². The first-order valence-corrected chi connectivity index (χ1v) is 8.85. The lowest BCUT2D eigenvalue weighted by Crippen LogP contribution is -2.50. The zero-order valence-electron chi connectivity index (χ0n) is 15.3. The molecular weight excluding hydrogens is 328 g/mol. The van der Waals surface area contributed by atoms with Crippen molar-refractivity contribution in [2.24, 2.45) is 0 Å². The van der Waals surface area contributed by atoms with E-state index in [9.17, 15) is 9.59 Å². The maximum Gasteiger partial charge on any atom is 0.260 e. The van der Waals surface area contributed by atoms with Crippen molar-refractivity contribution in [1.29, 1.82) is 0 Å². The fourth-order valence-corrected chi connectivity index (χ4v) is 3.15. The van der Waals surface area contributed by atoms with Crippen molar-refractivity contribution in [2.45, 2.75) is 13.8 Å². The van der Waals surface area contributed by atoms with Crippen LogP contribution in [0.15, 0.2) is 42.5 Å². The average molecular weight is 352 g/mol. The number of rotatable bonds is 5. The maximum atomic E-state index is 12.4. The highest BCUT2D eigenvalue weighted by Crippen LogP contribution is 2.24. The first-order chi connectivity index (χ1) is 12.6. The predicted molar refractivity (Wildman–Crippen MR) is 102 cm³/mol. The molecule has 1 saturated heterocycles. The highest BCUT2D eigenvalue weighted by Gasteiger charge is 2.22. The maximum absolute atomic E-state index is 12.4. The van der Waals surface area contributed by atoms with Crippen molar-refractivity contribution in [3.05, 3.63) is 59.2 Å². The molecule has 136 valence electrons. The molecule has 0 atom stereocenters. The largest absolute Gasteiger partial charge is 0.484 e. The Morgan fingerprint density at radius 1 is 1.04 bits per heavy atom. The minimum Gasteiger partial charge on any atom is -0.484 e. The van der Waals surface area contributed by atoms with Crippen molar-refractivity contribution in [3.63, 3.8) is 0 Å². The molecule has 3 rings (SSSR count). The van der Waals surface area contributed by atoms with Gasteiger partial charge in [0.05, 0.1) is 0 Å². The third-order valence-electron chi connectivity index (χ3n) is 4.93. The van der Waals surface area contributed by atoms with Gasteiger partial charge < -0.3 is 14.5 Å². The molecule has 1 aliphatic rings. The van der Waals surface area contributed by atoms with Crippen LogP contribution in [-0.4, -0.2) is 49.9 Å². The second-order valence-electron chi connectivity index (χ2n) is 6.56. The van der Waals surface area contributed by atoms with Gasteiger partial charge in [-0.15, -0.1) is 0 Å². The molecule has 1 aliphatic heterocycles. The van der Waals surface area contributed by atoms with Gasteiger partial charge in [-0.25, -0.2) is 0 Å². The summed E-state index contributed by atoms with van der Waals surface area (Å²) in [5.41, 5.74) is 4.43. The number of ether oxygens (including phenoxy) is 1. The number of hydrogen-bond acceptors (Lipinski definition) is 4. The molecule has 1 heterocycles. The first-order valence-electron chi connectivity index (χ1n) is 8.85. The molecule has 0 bridgehead atoms. The van der Waals surface area contributed by atoms with Crippen LogP contribution in [0.25, 0.3) is 0 Å². The minimum atomic E-state index is -0.00919. The number of anilines is 1. The van der Waals surface area contributed by atoms with Gasteiger partial charge >= 0.3 is 0 Å². The van der Waals surface area contributed by atoms with E-state index in [0.29, 0.717) is 24.4 Å². The van der Waals surface area contributed by atoms with Gasteiger partial charge in [-0.1, -0.05) is 12.1 Å². The molecule has 2 aromatic carbocycles. The lowest BCUT2D eigenvalue weighted by atomic mass is 10.1. The molecule has 5 nitrogen and oxygen atoms in total. The van der Waals surface area contributed by atoms with Crippen LogP contribution in [0.3, 0.4) is 0 Å². The topological polar surface area (TPSA) is 49.9 Å². The Morgan fingerprint density at radius 2 is 1.73 bits per heavy atom. The van der Waals surface area contributed by atoms with E-state index in [-0.39, 0.29) is 12.5 Å². The van der Waals surface area contributed by atoms with E-state index in [1.807, 2.05) is 4.90 Å². The molecule has 1 fully saturated rings. The molecule has 0 aliphatic carbocycles. The molecule has 2 aromatic rings. The molecule has 0 unspecified atom stereocenters. The third kappa shape index (κ3) is 4.04. The van der Waals surface area contributed by atoms with E-state index in [0.717, 1.165) is 19.4 Å². The van der Waals surface area contributed by atoms with Gasteiger partial charge in [0.2, 0.25) is 0 Å². The summed E-state index contributed by atoms with van der Waals surface area (Å²) >= 11 is 0. The monoisotopic (exact) mass is 352 g/mol. The normalized spacial score (nSPS) is 14.2. The highest BCUT2D eigenvalue weighted by molar-refractivity contribution is 5.78. The second kappa shape index (κ2) is 8.04. The summed E-state index contributed by atoms with van der Waals surface area (Å²) in [4.78, 5) is 27.2. The van der Waals surface area contributed by atoms with Crippen molar-refractivity contribution in [3.8, 4) is 5.75 Å². The number of carbonyl (C=O) groups excluding carboxylic acids is 2. The Balaban J connectivity index is 1.51. The standard InChI is InChI=1S/C21H24N2O3/c1-16-4-3-5-20(17(16)2)22-10-12-23(13-11-22)21(25)15-26-19-8-6-18(14-24)7-9-19/h3-9,14H,10-13,15H2,1-2H3. The van der Waals surface area contributed by atoms with E-state index in [1.165, 1.54) is 16.8 Å². The van der Waals surface area contributed by atoms with Gasteiger partial charge in [0, 0.05) is 37.4 Å². The van der Waals surface area contributed by atoms with E-state index in [4.69, 9.17) is 4.74 Å². The Morgan fingerprint density at radius 3 is 2.38 bits per heavy atom. The first kappa shape index (κ1) is 18.0. The second-order valence-corrected chi connectivity index (χ2v) is 6.56. The lowest BCUT2D eigenvalue weighted by Gasteiger charge is -2.37. The Hall–Kier alpha value is -2.82. The predicted octanol–water partition coefficient (Wildman–Crippen LogP) is 2.84. The molecule has 26 heavy (non-hydrogen) atoms. The number of aldehydes is 1. The van der Waals surface area contributed by atoms with Gasteiger partial charge in [0.15, 0.2) is 6.61 Å². The molecule has 0 saturated carbocycles. The SMILES string of the molecule is Cc1cccc(N2CCN(C(=O)COc3ccc(C=O)cc3)CC2)c1C. The fourth-order valence-electron chi connectivity index (χ4n) is 3.15. The summed E-state index contributed by atoms with van der Waals surface area (Å²) in [5.74, 6) is 0.586. The van der Waals surface area contributed by atoms with Crippen LogP contribution in [0.1, 0.15) is 21.5 Å². The summed E-state index contributed by atoms with van der Waals surface area (Å²) in [5, 5.41) is 0. The van der Waals surface area contributed by atoms with Crippen LogP contribution < -0.4 is 9.64 Å². The third-order valence-corrected chi connectivity index (χ3v) is 4.93. The van der Waals surface area contributed by atoms with Crippen LogP contribution in [0.4, 0.5) is 5.69 Å². The molecular formula is C21H24N2O3. The summed E-state index contributed by atoms with van der Waals surface area (Å²) in [6, 6.07) is 13.1. The Kier molecular flexibility index (Phi) is 5.56. The molecule has 0 N–H and O–H groups in total. The van der Waals surface area contributed by atoms with E-state index < -0.39 is 0 Å². The molecule has 0 aromatic heterocycles. The van der Waals surface area contributed by atoms with Gasteiger partial charge in [-0.05, 0) is 55.3 Å². The quantitative estimate of drug-likeness (QED) is 0.777. The van der Waals surface area contributed by atoms with Crippen LogP contribution in [0.2, 0.25) is 0 Å². The Labute approximate surface area is 154 Å². The van der Waals surface area contributed by atoms with Gasteiger partial charge in [-0.3, -0.25) is 9.59 Å². The molecule has 0 radical (unpaired) electrons. The zero-order valence-corrected chi connectivity index (χ0v) is 15.3. The van der Waals surface area contributed by atoms with Crippen LogP contribution in [0, 0.1) is 13.8 Å². The number of piperazine rings is 1. The number of carbonyl (C=O) groups is 2. The van der Waals surface area contributed by atoms with Gasteiger partial charge in [-0.2, -0.15) is 0 Å². The van der Waals surface area contributed by atoms with Crippen molar-refractivity contribution in [2.75, 3.05) is 37.7 Å². The van der Waals surface area contributed by atoms with E-state index >= 15 is 0 Å². The van der Waals surface area contributed by atoms with Crippen molar-refractivity contribution >= 4 is 17.9 Å². The number of nitrogens with zero attached hydrogens (tertiary/aromatic N) is 2. The smallest absolute Gasteiger partial charge is 0.260 e. The highest BCUT2D eigenvalue weighted by atomic mass is 16.5. The van der Waals surface area contributed by atoms with Gasteiger partial charge in [0.1, 0.15) is 12.0 Å².